The predicted octanol–water partition coefficient (Wildman–Crippen LogP) is 11.9. The molecule has 0 aliphatic heterocycles. The van der Waals surface area contributed by atoms with Gasteiger partial charge in [0.1, 0.15) is 0 Å². The third kappa shape index (κ3) is 3.39. The fourth-order valence-corrected chi connectivity index (χ4v) is 9.39. The van der Waals surface area contributed by atoms with Gasteiger partial charge >= 0.3 is 0 Å². The minimum absolute atomic E-state index is 0.0773. The fourth-order valence-electron chi connectivity index (χ4n) is 9.39. The van der Waals surface area contributed by atoms with Crippen LogP contribution in [0, 0.1) is 0 Å². The fraction of sp³-hybridized carbons (Fsp3) is 0.130. The molecule has 0 saturated carbocycles. The molecule has 0 aromatic heterocycles. The number of fused-ring (bicyclic) bond motifs is 13. The van der Waals surface area contributed by atoms with Crippen LogP contribution in [0.25, 0.3) is 27.8 Å². The van der Waals surface area contributed by atoms with Crippen LogP contribution in [0.15, 0.2) is 157 Å². The van der Waals surface area contributed by atoms with E-state index < -0.39 is 0 Å². The van der Waals surface area contributed by atoms with E-state index in [1.807, 2.05) is 0 Å². The monoisotopic (exact) mass is 601 g/mol. The summed E-state index contributed by atoms with van der Waals surface area (Å²) in [4.78, 5) is 2.51. The zero-order valence-corrected chi connectivity index (χ0v) is 26.8. The molecule has 0 radical (unpaired) electrons. The van der Waals surface area contributed by atoms with Crippen molar-refractivity contribution in [1.82, 2.24) is 0 Å². The Labute approximate surface area is 277 Å². The van der Waals surface area contributed by atoms with Crippen LogP contribution in [-0.2, 0) is 10.8 Å². The SMILES string of the molecule is CC1(C)c2ccccc2-c2ccc(N(c3ccccc3)c3cccc4c3C3=CCCC=C3C43c4ccccc4-c4ccccc43)cc21. The van der Waals surface area contributed by atoms with Gasteiger partial charge in [0, 0.05) is 22.4 Å². The van der Waals surface area contributed by atoms with E-state index in [0.717, 1.165) is 12.8 Å². The first-order valence-electron chi connectivity index (χ1n) is 16.9. The molecule has 224 valence electrons. The highest BCUT2D eigenvalue weighted by molar-refractivity contribution is 6.04. The predicted molar refractivity (Wildman–Crippen MR) is 196 cm³/mol. The number of para-hydroxylation sites is 1. The molecule has 0 fully saturated rings. The first-order valence-corrected chi connectivity index (χ1v) is 16.9. The highest BCUT2D eigenvalue weighted by Crippen LogP contribution is 2.66. The van der Waals surface area contributed by atoms with Crippen LogP contribution in [0.3, 0.4) is 0 Å². The van der Waals surface area contributed by atoms with E-state index in [0.29, 0.717) is 0 Å². The lowest BCUT2D eigenvalue weighted by atomic mass is 9.69. The van der Waals surface area contributed by atoms with E-state index in [2.05, 4.69) is 170 Å². The quantitative estimate of drug-likeness (QED) is 0.195. The van der Waals surface area contributed by atoms with E-state index in [4.69, 9.17) is 0 Å². The molecular weight excluding hydrogens is 567 g/mol. The number of hydrogen-bond acceptors (Lipinski definition) is 1. The van der Waals surface area contributed by atoms with Gasteiger partial charge in [0.05, 0.1) is 11.1 Å². The van der Waals surface area contributed by atoms with Crippen molar-refractivity contribution >= 4 is 22.6 Å². The molecule has 0 amide bonds. The topological polar surface area (TPSA) is 3.24 Å². The molecule has 0 saturated heterocycles. The minimum atomic E-state index is -0.325. The average molecular weight is 602 g/mol. The standard InChI is InChI=1S/C46H35N/c1-45(2)37-21-10-6-17-32(37)35-28-27-31(29-42(35)45)47(30-15-4-3-5-16-30)43-26-14-25-41-44(43)36-20-9-13-24-40(36)46(41)38-22-11-7-18-33(38)34-19-8-12-23-39(34)46/h3-8,10-12,14-29H,9,13H2,1-2H3. The summed E-state index contributed by atoms with van der Waals surface area (Å²) in [5, 5.41) is 0. The molecule has 47 heavy (non-hydrogen) atoms. The molecule has 4 aliphatic carbocycles. The molecule has 1 heteroatoms. The van der Waals surface area contributed by atoms with E-state index in [1.54, 1.807) is 0 Å². The first-order chi connectivity index (χ1) is 23.1. The van der Waals surface area contributed by atoms with Crippen LogP contribution in [-0.4, -0.2) is 0 Å². The van der Waals surface area contributed by atoms with Crippen molar-refractivity contribution in [1.29, 1.82) is 0 Å². The molecule has 6 aromatic carbocycles. The lowest BCUT2D eigenvalue weighted by Gasteiger charge is -2.32. The van der Waals surface area contributed by atoms with E-state index >= 15 is 0 Å². The summed E-state index contributed by atoms with van der Waals surface area (Å²) in [5.74, 6) is 0. The second-order valence-corrected chi connectivity index (χ2v) is 13.9. The second kappa shape index (κ2) is 9.56. The maximum atomic E-state index is 2.54. The number of nitrogens with zero attached hydrogens (tertiary/aromatic N) is 1. The van der Waals surface area contributed by atoms with Gasteiger partial charge in [-0.25, -0.2) is 0 Å². The third-order valence-electron chi connectivity index (χ3n) is 11.3. The number of anilines is 3. The Hall–Kier alpha value is -5.40. The summed E-state index contributed by atoms with van der Waals surface area (Å²) < 4.78 is 0. The number of benzene rings is 6. The lowest BCUT2D eigenvalue weighted by molar-refractivity contribution is 0.660. The van der Waals surface area contributed by atoms with Gasteiger partial charge in [-0.05, 0) is 104 Å². The molecule has 1 nitrogen and oxygen atoms in total. The van der Waals surface area contributed by atoms with Crippen molar-refractivity contribution in [3.63, 3.8) is 0 Å². The number of rotatable bonds is 3. The van der Waals surface area contributed by atoms with Gasteiger partial charge < -0.3 is 4.90 Å². The largest absolute Gasteiger partial charge is 0.310 e. The molecule has 6 aromatic rings. The molecule has 0 bridgehead atoms. The summed E-state index contributed by atoms with van der Waals surface area (Å²) in [6, 6.07) is 52.3. The molecule has 1 spiro atoms. The molecule has 0 heterocycles. The maximum absolute atomic E-state index is 2.54. The highest BCUT2D eigenvalue weighted by atomic mass is 15.1. The Morgan fingerprint density at radius 3 is 1.77 bits per heavy atom. The van der Waals surface area contributed by atoms with E-state index in [9.17, 15) is 0 Å². The van der Waals surface area contributed by atoms with Crippen LogP contribution in [0.5, 0.6) is 0 Å². The van der Waals surface area contributed by atoms with Gasteiger partial charge in [-0.15, -0.1) is 0 Å². The third-order valence-corrected chi connectivity index (χ3v) is 11.3. The van der Waals surface area contributed by atoms with Crippen molar-refractivity contribution in [2.45, 2.75) is 37.5 Å². The Morgan fingerprint density at radius 1 is 0.468 bits per heavy atom. The summed E-state index contributed by atoms with van der Waals surface area (Å²) >= 11 is 0. The Balaban J connectivity index is 1.26. The van der Waals surface area contributed by atoms with Crippen LogP contribution >= 0.6 is 0 Å². The normalized spacial score (nSPS) is 16.7. The molecule has 4 aliphatic rings. The van der Waals surface area contributed by atoms with Gasteiger partial charge in [0.15, 0.2) is 0 Å². The van der Waals surface area contributed by atoms with Gasteiger partial charge in [-0.2, -0.15) is 0 Å². The van der Waals surface area contributed by atoms with Crippen LogP contribution < -0.4 is 4.90 Å². The molecule has 0 atom stereocenters. The zero-order valence-electron chi connectivity index (χ0n) is 26.8. The second-order valence-electron chi connectivity index (χ2n) is 13.9. The van der Waals surface area contributed by atoms with Crippen molar-refractivity contribution < 1.29 is 0 Å². The van der Waals surface area contributed by atoms with Crippen molar-refractivity contribution in [2.24, 2.45) is 0 Å². The molecule has 0 unspecified atom stereocenters. The number of allylic oxidation sites excluding steroid dienone is 4. The van der Waals surface area contributed by atoms with Crippen LogP contribution in [0.4, 0.5) is 17.1 Å². The Bertz CT molecular complexity index is 2290. The minimum Gasteiger partial charge on any atom is -0.310 e. The lowest BCUT2D eigenvalue weighted by Crippen LogP contribution is -2.26. The van der Waals surface area contributed by atoms with Crippen molar-refractivity contribution in [2.75, 3.05) is 4.90 Å². The van der Waals surface area contributed by atoms with Crippen molar-refractivity contribution in [3.05, 3.63) is 191 Å². The summed E-state index contributed by atoms with van der Waals surface area (Å²) in [7, 11) is 0. The molecule has 10 rings (SSSR count). The summed E-state index contributed by atoms with van der Waals surface area (Å²) in [6.07, 6.45) is 7.18. The maximum Gasteiger partial charge on any atom is 0.0723 e. The zero-order chi connectivity index (χ0) is 31.3. The van der Waals surface area contributed by atoms with Crippen LogP contribution in [0.2, 0.25) is 0 Å². The molecule has 0 N–H and O–H groups in total. The van der Waals surface area contributed by atoms with Gasteiger partial charge in [0.25, 0.3) is 0 Å². The van der Waals surface area contributed by atoms with E-state index in [-0.39, 0.29) is 10.8 Å². The van der Waals surface area contributed by atoms with Gasteiger partial charge in [-0.1, -0.05) is 135 Å². The Kier molecular flexibility index (Phi) is 5.45. The van der Waals surface area contributed by atoms with Gasteiger partial charge in [-0.3, -0.25) is 0 Å². The molecular formula is C46H35N. The summed E-state index contributed by atoms with van der Waals surface area (Å²) in [5.41, 5.74) is 19.8. The average Bonchev–Trinajstić information content (AvgIpc) is 3.68. The highest BCUT2D eigenvalue weighted by Gasteiger charge is 2.54. The van der Waals surface area contributed by atoms with Crippen molar-refractivity contribution in [3.8, 4) is 22.3 Å². The summed E-state index contributed by atoms with van der Waals surface area (Å²) in [6.45, 7) is 4.74. The Morgan fingerprint density at radius 2 is 1.04 bits per heavy atom. The smallest absolute Gasteiger partial charge is 0.0723 e. The van der Waals surface area contributed by atoms with Gasteiger partial charge in [0.2, 0.25) is 0 Å². The van der Waals surface area contributed by atoms with E-state index in [1.165, 1.54) is 83.8 Å². The number of hydrogen-bond donors (Lipinski definition) is 0. The van der Waals surface area contributed by atoms with Crippen LogP contribution in [0.1, 0.15) is 60.1 Å². The first kappa shape index (κ1) is 26.8.